The number of aliphatic hydroxyl groups excluding tert-OH is 1. The highest BCUT2D eigenvalue weighted by Gasteiger charge is 2.61. The van der Waals surface area contributed by atoms with Crippen molar-refractivity contribution in [1.82, 2.24) is 14.9 Å². The molecule has 7 atom stereocenters. The topological polar surface area (TPSA) is 306 Å². The first-order valence-electron chi connectivity index (χ1n) is 25.2. The number of non-ortho nitro benzene ring substituents is 1. The number of imidazole rings is 1. The lowest BCUT2D eigenvalue weighted by molar-refractivity contribution is -0.394. The van der Waals surface area contributed by atoms with Gasteiger partial charge >= 0.3 is 11.9 Å². The summed E-state index contributed by atoms with van der Waals surface area (Å²) in [5.41, 5.74) is 16.5. The van der Waals surface area contributed by atoms with Gasteiger partial charge in [-0.15, -0.1) is 18.4 Å². The van der Waals surface area contributed by atoms with Crippen LogP contribution in [0.15, 0.2) is 88.8 Å². The number of carboxylic acid groups (broad SMARTS) is 1. The second kappa shape index (κ2) is 25.9. The lowest BCUT2D eigenvalue weighted by atomic mass is 9.83. The summed E-state index contributed by atoms with van der Waals surface area (Å²) >= 11 is 0. The maximum Gasteiger partial charge on any atom is 0.326 e. The highest BCUT2D eigenvalue weighted by molar-refractivity contribution is 6.00. The number of carbonyl (C=O) groups is 4. The molecule has 2 aromatic carbocycles. The van der Waals surface area contributed by atoms with Crippen molar-refractivity contribution < 1.29 is 48.7 Å². The van der Waals surface area contributed by atoms with E-state index in [0.29, 0.717) is 36.8 Å². The number of hydrogen-bond acceptors (Lipinski definition) is 14. The fourth-order valence-corrected chi connectivity index (χ4v) is 9.61. The molecule has 75 heavy (non-hydrogen) atoms. The quantitative estimate of drug-likeness (QED) is 0.0290. The zero-order valence-electron chi connectivity index (χ0n) is 43.8. The van der Waals surface area contributed by atoms with Crippen LogP contribution in [0, 0.1) is 55.7 Å². The van der Waals surface area contributed by atoms with E-state index in [4.69, 9.17) is 27.4 Å². The van der Waals surface area contributed by atoms with Crippen LogP contribution in [-0.4, -0.2) is 102 Å². The molecule has 404 valence electrons. The monoisotopic (exact) mass is 1040 g/mol. The fraction of sp³-hybridized carbons (Fsp3) is 0.527. The Morgan fingerprint density at radius 1 is 1.05 bits per heavy atom. The summed E-state index contributed by atoms with van der Waals surface area (Å²) in [6.07, 6.45) is 17.0. The van der Waals surface area contributed by atoms with Crippen LogP contribution in [0.3, 0.4) is 0 Å². The Morgan fingerprint density at radius 2 is 1.73 bits per heavy atom. The van der Waals surface area contributed by atoms with Gasteiger partial charge < -0.3 is 36.5 Å². The molecule has 3 aliphatic carbocycles. The van der Waals surface area contributed by atoms with Gasteiger partial charge in [-0.25, -0.2) is 14.8 Å². The molecule has 6 N–H and O–H groups in total. The van der Waals surface area contributed by atoms with Gasteiger partial charge in [0, 0.05) is 43.2 Å². The van der Waals surface area contributed by atoms with Gasteiger partial charge in [-0.05, 0) is 75.5 Å². The van der Waals surface area contributed by atoms with Crippen LogP contribution in [-0.2, 0) is 41.5 Å². The Balaban J connectivity index is 0.000000220. The standard InChI is InChI=1S/C21H20N6O7.C19H24O3.C15H27N2O2/c22-16(8-13-4-2-1-3-5-13)20(28)24-17(21(29)30)9-14-11-25(12-23-14)18-7-6-15(26(31)32)10-19(18)27(33)34;1-7-8-13-12(4)16(10-15(13)20)22-18(21)17-14(9-11(2)3)19(17,5)6;1-15(2)10-19-14(17-15)9-13(18)12(16)8-11-6-4-3-5-7-11/h1-7,10-12,16-17H,8-9,22H2,(H,24,28)(H,29,30);1,9,14,16-17H,8,10H2,2-6H3;11-13,16,18H,3-10H2,1-2H3/q;;-1/t16-,17-;;12-,13?/m0.0/s1. The predicted molar refractivity (Wildman–Crippen MR) is 282 cm³/mol. The van der Waals surface area contributed by atoms with Crippen molar-refractivity contribution >= 4 is 40.9 Å². The van der Waals surface area contributed by atoms with Gasteiger partial charge in [0.05, 0.1) is 51.9 Å². The van der Waals surface area contributed by atoms with E-state index < -0.39 is 63.4 Å². The van der Waals surface area contributed by atoms with Crippen molar-refractivity contribution in [1.29, 1.82) is 0 Å². The van der Waals surface area contributed by atoms with Crippen molar-refractivity contribution in [3.8, 4) is 18.0 Å². The maximum absolute atomic E-state index is 12.5. The number of allylic oxidation sites excluding steroid dienone is 3. The molecule has 0 spiro atoms. The normalized spacial score (nSPS) is 20.9. The number of aliphatic imine (C=N–C) groups is 1. The summed E-state index contributed by atoms with van der Waals surface area (Å²) in [7, 11) is 0. The zero-order valence-corrected chi connectivity index (χ0v) is 43.8. The molecule has 4 aliphatic rings. The summed E-state index contributed by atoms with van der Waals surface area (Å²) in [4.78, 5) is 77.8. The van der Waals surface area contributed by atoms with Crippen molar-refractivity contribution in [2.24, 2.45) is 33.9 Å². The van der Waals surface area contributed by atoms with Crippen LogP contribution in [0.4, 0.5) is 11.4 Å². The van der Waals surface area contributed by atoms with E-state index in [1.54, 1.807) is 24.3 Å². The van der Waals surface area contributed by atoms with Gasteiger partial charge in [0.25, 0.3) is 11.4 Å². The minimum atomic E-state index is -1.34. The number of carbonyl (C=O) groups excluding carboxylic acids is 3. The molecule has 2 heterocycles. The average molecular weight is 1040 g/mol. The van der Waals surface area contributed by atoms with E-state index in [9.17, 15) is 49.6 Å². The zero-order chi connectivity index (χ0) is 55.4. The Hall–Kier alpha value is -7.08. The van der Waals surface area contributed by atoms with Crippen LogP contribution < -0.4 is 11.1 Å². The van der Waals surface area contributed by atoms with Crippen LogP contribution >= 0.6 is 0 Å². The molecule has 7 rings (SSSR count). The molecule has 20 heteroatoms. The number of aliphatic carboxylic acids is 1. The van der Waals surface area contributed by atoms with E-state index in [2.05, 4.69) is 41.1 Å². The lowest BCUT2D eigenvalue weighted by Gasteiger charge is -2.32. The Labute approximate surface area is 437 Å². The fourth-order valence-electron chi connectivity index (χ4n) is 9.61. The number of aliphatic hydroxyl groups is 1. The molecule has 2 fully saturated rings. The number of benzene rings is 2. The second-order valence-electron chi connectivity index (χ2n) is 21.2. The number of terminal acetylenes is 1. The molecule has 3 aromatic rings. The number of rotatable bonds is 19. The van der Waals surface area contributed by atoms with Crippen LogP contribution in [0.1, 0.15) is 118 Å². The van der Waals surface area contributed by atoms with E-state index in [0.717, 1.165) is 29.7 Å². The molecule has 1 aromatic heterocycles. The van der Waals surface area contributed by atoms with E-state index >= 15 is 0 Å². The third-order valence-corrected chi connectivity index (χ3v) is 14.0. The minimum absolute atomic E-state index is 0.00385. The highest BCUT2D eigenvalue weighted by atomic mass is 16.6. The summed E-state index contributed by atoms with van der Waals surface area (Å²) in [5.74, 6) is 1.69. The number of aromatic nitrogens is 2. The largest absolute Gasteiger partial charge is 0.673 e. The van der Waals surface area contributed by atoms with Crippen LogP contribution in [0.2, 0.25) is 0 Å². The number of Topliss-reactive ketones (excluding diaryl/α,β-unsaturated/α-hetero) is 1. The first-order valence-corrected chi connectivity index (χ1v) is 25.2. The summed E-state index contributed by atoms with van der Waals surface area (Å²) in [6, 6.07) is 9.42. The van der Waals surface area contributed by atoms with Crippen molar-refractivity contribution in [3.05, 3.63) is 121 Å². The molecule has 1 aliphatic heterocycles. The average Bonchev–Trinajstić information content (AvgIpc) is 3.73. The van der Waals surface area contributed by atoms with Gasteiger partial charge in [0.2, 0.25) is 5.91 Å². The number of nitrogens with zero attached hydrogens (tertiary/aromatic N) is 5. The van der Waals surface area contributed by atoms with Gasteiger partial charge in [-0.2, -0.15) is 0 Å². The molecular weight excluding hydrogens is 965 g/mol. The van der Waals surface area contributed by atoms with Gasteiger partial charge in [0.15, 0.2) is 11.7 Å². The third kappa shape index (κ3) is 16.5. The molecular formula is C55H71N8O12-. The van der Waals surface area contributed by atoms with Gasteiger partial charge in [0.1, 0.15) is 24.4 Å². The number of nitrogens with two attached hydrogens (primary N) is 1. The number of amides is 1. The Morgan fingerprint density at radius 3 is 2.32 bits per heavy atom. The number of ether oxygens (including phenoxy) is 2. The summed E-state index contributed by atoms with van der Waals surface area (Å²) < 4.78 is 12.4. The number of carboxylic acids is 1. The molecule has 0 saturated heterocycles. The molecule has 0 radical (unpaired) electrons. The van der Waals surface area contributed by atoms with E-state index in [-0.39, 0.29) is 65.2 Å². The first-order chi connectivity index (χ1) is 35.3. The van der Waals surface area contributed by atoms with Crippen LogP contribution in [0.25, 0.3) is 11.4 Å². The molecule has 2 saturated carbocycles. The third-order valence-electron chi connectivity index (χ3n) is 14.0. The SMILES string of the molecule is C#CCC1=C(C)C(OC(=O)C2C(C=C(C)C)C2(C)C)CC1=O.CC1(C)COC(CC(O)[C@@H]([NH-])CC2CCCCC2)=N1.N[C@@H](Cc1ccccc1)C(=O)N[C@@H](Cc1cn(-c2ccc([N+](=O)[O-])cc2[N+](=O)[O-])cn1)C(=O)O. The van der Waals surface area contributed by atoms with E-state index in [1.165, 1.54) is 60.8 Å². The highest BCUT2D eigenvalue weighted by Crippen LogP contribution is 2.60. The smallest absolute Gasteiger partial charge is 0.326 e. The number of hydrogen-bond donors (Lipinski definition) is 4. The molecule has 20 nitrogen and oxygen atoms in total. The number of esters is 1. The number of nitrogens with one attached hydrogen (secondary N) is 2. The number of nitro benzene ring substituents is 2. The van der Waals surface area contributed by atoms with Crippen LogP contribution in [0.5, 0.6) is 0 Å². The number of ketones is 1. The minimum Gasteiger partial charge on any atom is -0.673 e. The number of nitro groups is 2. The van der Waals surface area contributed by atoms with Crippen molar-refractivity contribution in [3.63, 3.8) is 0 Å². The lowest BCUT2D eigenvalue weighted by Crippen LogP contribution is -2.50. The predicted octanol–water partition coefficient (Wildman–Crippen LogP) is 8.16. The van der Waals surface area contributed by atoms with Gasteiger partial charge in [-0.1, -0.05) is 94.4 Å². The first kappa shape index (κ1) is 58.8. The second-order valence-corrected chi connectivity index (χ2v) is 21.2. The molecule has 4 unspecified atom stereocenters. The summed E-state index contributed by atoms with van der Waals surface area (Å²) in [6.45, 7) is 14.7. The molecule has 1 amide bonds. The maximum atomic E-state index is 12.5. The summed E-state index contributed by atoms with van der Waals surface area (Å²) in [5, 5.41) is 44.3. The van der Waals surface area contributed by atoms with E-state index in [1.807, 2.05) is 40.7 Å². The van der Waals surface area contributed by atoms with Crippen molar-refractivity contribution in [2.45, 2.75) is 155 Å². The van der Waals surface area contributed by atoms with Gasteiger partial charge in [-0.3, -0.25) is 39.2 Å². The van der Waals surface area contributed by atoms with Crippen molar-refractivity contribution in [2.75, 3.05) is 6.61 Å². The Bertz CT molecular complexity index is 2690. The molecule has 0 bridgehead atoms. The Kier molecular flexibility index (Phi) is 20.3.